The zero-order chi connectivity index (χ0) is 11.3. The molecule has 2 aromatic rings. The topological polar surface area (TPSA) is 0 Å². The Morgan fingerprint density at radius 3 is 2.62 bits per heavy atom. The van der Waals surface area contributed by atoms with Crippen LogP contribution in [0.3, 0.4) is 0 Å². The Hall–Kier alpha value is -1.31. The molecule has 16 heavy (non-hydrogen) atoms. The minimum atomic E-state index is 0.803. The van der Waals surface area contributed by atoms with Gasteiger partial charge in [0.05, 0.1) is 14.1 Å². The van der Waals surface area contributed by atoms with Gasteiger partial charge in [-0.3, -0.25) is 4.48 Å². The fourth-order valence-electron chi connectivity index (χ4n) is 2.35. The minimum Gasteiger partial charge on any atom is -0.269 e. The second kappa shape index (κ2) is 3.09. The fourth-order valence-corrected chi connectivity index (χ4v) is 2.59. The Labute approximate surface area is 100 Å². The van der Waals surface area contributed by atoms with Gasteiger partial charge in [0.1, 0.15) is 11.9 Å². The molecule has 1 nitrogen and oxygen atoms in total. The highest BCUT2D eigenvalue weighted by atomic mass is 35.5. The molecule has 1 aliphatic heterocycles. The quantitative estimate of drug-likeness (QED) is 0.599. The summed E-state index contributed by atoms with van der Waals surface area (Å²) in [5.74, 6) is 0. The second-order valence-corrected chi connectivity index (χ2v) is 5.10. The van der Waals surface area contributed by atoms with E-state index in [0.717, 1.165) is 14.9 Å². The van der Waals surface area contributed by atoms with Crippen molar-refractivity contribution in [3.8, 4) is 0 Å². The highest BCUT2D eigenvalue weighted by Crippen LogP contribution is 2.39. The Morgan fingerprint density at radius 2 is 1.81 bits per heavy atom. The molecular formula is C14H13ClN+. The molecule has 0 radical (unpaired) electrons. The highest BCUT2D eigenvalue weighted by molar-refractivity contribution is 6.35. The van der Waals surface area contributed by atoms with Gasteiger partial charge in [-0.1, -0.05) is 23.7 Å². The number of hydrogen-bond acceptors (Lipinski definition) is 0. The number of rotatable bonds is 0. The van der Waals surface area contributed by atoms with Crippen LogP contribution >= 0.6 is 11.6 Å². The van der Waals surface area contributed by atoms with E-state index in [2.05, 4.69) is 44.6 Å². The van der Waals surface area contributed by atoms with E-state index in [4.69, 9.17) is 11.6 Å². The Balaban J connectivity index is 2.44. The maximum atomic E-state index is 6.20. The van der Waals surface area contributed by atoms with Gasteiger partial charge in [-0.2, -0.15) is 0 Å². The van der Waals surface area contributed by atoms with Crippen molar-refractivity contribution in [2.75, 3.05) is 14.1 Å². The summed E-state index contributed by atoms with van der Waals surface area (Å²) in [5.41, 5.74) is 2.62. The summed E-state index contributed by atoms with van der Waals surface area (Å²) < 4.78 is 0.803. The van der Waals surface area contributed by atoms with Gasteiger partial charge >= 0.3 is 0 Å². The maximum absolute atomic E-state index is 6.20. The molecule has 1 aliphatic rings. The van der Waals surface area contributed by atoms with Crippen molar-refractivity contribution >= 4 is 34.1 Å². The van der Waals surface area contributed by atoms with Crippen molar-refractivity contribution in [3.05, 3.63) is 47.1 Å². The van der Waals surface area contributed by atoms with Crippen molar-refractivity contribution < 1.29 is 0 Å². The van der Waals surface area contributed by atoms with Crippen molar-refractivity contribution in [1.82, 2.24) is 4.48 Å². The van der Waals surface area contributed by atoms with E-state index >= 15 is 0 Å². The summed E-state index contributed by atoms with van der Waals surface area (Å²) >= 11 is 6.20. The summed E-state index contributed by atoms with van der Waals surface area (Å²) in [6, 6.07) is 10.4. The lowest BCUT2D eigenvalue weighted by atomic mass is 10.0. The van der Waals surface area contributed by atoms with E-state index in [9.17, 15) is 0 Å². The molecule has 2 heteroatoms. The fraction of sp³-hybridized carbons (Fsp3) is 0.143. The normalized spacial score (nSPS) is 16.7. The van der Waals surface area contributed by atoms with Crippen LogP contribution in [0.5, 0.6) is 0 Å². The molecule has 0 bridgehead atoms. The zero-order valence-corrected chi connectivity index (χ0v) is 10.1. The van der Waals surface area contributed by atoms with Crippen LogP contribution in [0, 0.1) is 0 Å². The van der Waals surface area contributed by atoms with Gasteiger partial charge in [-0.05, 0) is 17.5 Å². The van der Waals surface area contributed by atoms with E-state index in [0.29, 0.717) is 0 Å². The Kier molecular flexibility index (Phi) is 1.91. The number of benzene rings is 2. The van der Waals surface area contributed by atoms with Gasteiger partial charge < -0.3 is 0 Å². The molecular weight excluding hydrogens is 218 g/mol. The molecule has 0 N–H and O–H groups in total. The van der Waals surface area contributed by atoms with Crippen LogP contribution in [-0.4, -0.2) is 14.1 Å². The van der Waals surface area contributed by atoms with E-state index in [1.807, 2.05) is 12.1 Å². The molecule has 0 atom stereocenters. The van der Waals surface area contributed by atoms with Gasteiger partial charge in [0.25, 0.3) is 0 Å². The predicted octanol–water partition coefficient (Wildman–Crippen LogP) is 4.04. The average Bonchev–Trinajstić information content (AvgIpc) is 2.56. The molecule has 0 aromatic heterocycles. The van der Waals surface area contributed by atoms with Crippen LogP contribution in [0.4, 0.5) is 5.69 Å². The first kappa shape index (κ1) is 9.88. The number of halogens is 1. The molecule has 0 amide bonds. The van der Waals surface area contributed by atoms with Gasteiger partial charge in [0.15, 0.2) is 0 Å². The first-order valence-electron chi connectivity index (χ1n) is 5.34. The predicted molar refractivity (Wildman–Crippen MR) is 71.6 cm³/mol. The third-order valence-corrected chi connectivity index (χ3v) is 3.59. The molecule has 3 rings (SSSR count). The van der Waals surface area contributed by atoms with Crippen LogP contribution in [0.1, 0.15) is 5.56 Å². The Morgan fingerprint density at radius 1 is 1.00 bits per heavy atom. The maximum Gasteiger partial charge on any atom is 0.145 e. The third-order valence-electron chi connectivity index (χ3n) is 3.26. The van der Waals surface area contributed by atoms with E-state index in [1.165, 1.54) is 16.6 Å². The van der Waals surface area contributed by atoms with Crippen molar-refractivity contribution in [3.63, 3.8) is 0 Å². The van der Waals surface area contributed by atoms with Crippen molar-refractivity contribution in [2.45, 2.75) is 0 Å². The first-order valence-corrected chi connectivity index (χ1v) is 5.72. The smallest absolute Gasteiger partial charge is 0.145 e. The lowest BCUT2D eigenvalue weighted by molar-refractivity contribution is 0.551. The van der Waals surface area contributed by atoms with Crippen LogP contribution in [0.25, 0.3) is 16.8 Å². The number of hydrogen-bond donors (Lipinski definition) is 0. The van der Waals surface area contributed by atoms with E-state index in [-0.39, 0.29) is 0 Å². The number of fused-ring (bicyclic) bond motifs is 3. The third kappa shape index (κ3) is 1.22. The zero-order valence-electron chi connectivity index (χ0n) is 9.37. The van der Waals surface area contributed by atoms with Gasteiger partial charge in [-0.25, -0.2) is 0 Å². The molecule has 80 valence electrons. The van der Waals surface area contributed by atoms with Crippen molar-refractivity contribution in [2.24, 2.45) is 0 Å². The molecule has 0 spiro atoms. The summed E-state index contributed by atoms with van der Waals surface area (Å²) in [6.45, 7) is 0. The number of quaternary nitrogens is 1. The number of nitrogens with zero attached hydrogens (tertiary/aromatic N) is 1. The second-order valence-electron chi connectivity index (χ2n) is 4.69. The molecule has 0 saturated carbocycles. The summed E-state index contributed by atoms with van der Waals surface area (Å²) in [7, 11) is 4.36. The standard InChI is InChI=1S/C14H13ClN/c1-16(2)9-8-12-10-4-3-5-13(15)11(10)6-7-14(12)16/h3-9H,1-2H3/q+1. The van der Waals surface area contributed by atoms with Gasteiger partial charge in [-0.15, -0.1) is 0 Å². The van der Waals surface area contributed by atoms with E-state index < -0.39 is 0 Å². The van der Waals surface area contributed by atoms with Crippen LogP contribution in [0.2, 0.25) is 5.02 Å². The van der Waals surface area contributed by atoms with Gasteiger partial charge in [0.2, 0.25) is 0 Å². The molecule has 1 heterocycles. The molecule has 0 aliphatic carbocycles. The largest absolute Gasteiger partial charge is 0.269 e. The highest BCUT2D eigenvalue weighted by Gasteiger charge is 2.26. The lowest BCUT2D eigenvalue weighted by Gasteiger charge is -2.21. The summed E-state index contributed by atoms with van der Waals surface area (Å²) in [6.07, 6.45) is 4.39. The van der Waals surface area contributed by atoms with Crippen LogP contribution in [-0.2, 0) is 0 Å². The van der Waals surface area contributed by atoms with E-state index in [1.54, 1.807) is 0 Å². The Bertz CT molecular complexity index is 611. The first-order chi connectivity index (χ1) is 7.59. The van der Waals surface area contributed by atoms with Crippen LogP contribution in [0.15, 0.2) is 36.5 Å². The molecule has 0 fully saturated rings. The lowest BCUT2D eigenvalue weighted by Crippen LogP contribution is -2.31. The minimum absolute atomic E-state index is 0.803. The van der Waals surface area contributed by atoms with Crippen molar-refractivity contribution in [1.29, 1.82) is 0 Å². The monoisotopic (exact) mass is 230 g/mol. The summed E-state index contributed by atoms with van der Waals surface area (Å²) in [5, 5.41) is 3.20. The SMILES string of the molecule is C[N+]1(C)C=Cc2c1ccc1c(Cl)cccc21. The average molecular weight is 231 g/mol. The summed E-state index contributed by atoms with van der Waals surface area (Å²) in [4.78, 5) is 0. The van der Waals surface area contributed by atoms with Gasteiger partial charge in [0, 0.05) is 28.1 Å². The molecule has 0 unspecified atom stereocenters. The van der Waals surface area contributed by atoms with Crippen LogP contribution < -0.4 is 4.48 Å². The molecule has 0 saturated heterocycles. The molecule has 2 aromatic carbocycles.